The smallest absolute Gasteiger partial charge is 0.305 e. The highest BCUT2D eigenvalue weighted by atomic mass is 32.7. The Morgan fingerprint density at radius 2 is 1.14 bits per heavy atom. The Labute approximate surface area is 296 Å². The van der Waals surface area contributed by atoms with Gasteiger partial charge in [0, 0.05) is 41.0 Å². The highest BCUT2D eigenvalue weighted by Crippen LogP contribution is 2.62. The van der Waals surface area contributed by atoms with Crippen LogP contribution in [0.2, 0.25) is 0 Å². The molecule has 2 unspecified atom stereocenters. The van der Waals surface area contributed by atoms with Gasteiger partial charge in [-0.15, -0.1) is 0 Å². The van der Waals surface area contributed by atoms with Gasteiger partial charge in [0.05, 0.1) is 83.7 Å². The van der Waals surface area contributed by atoms with Crippen molar-refractivity contribution in [1.29, 1.82) is 0 Å². The molecular weight excluding hydrogens is 679 g/mol. The molecule has 0 aromatic heterocycles. The van der Waals surface area contributed by atoms with Crippen molar-refractivity contribution in [2.75, 3.05) is 114 Å². The summed E-state index contributed by atoms with van der Waals surface area (Å²) in [6.07, 6.45) is 0.148. The lowest BCUT2D eigenvalue weighted by Gasteiger charge is -2.30. The predicted molar refractivity (Wildman–Crippen MR) is 190 cm³/mol. The maximum absolute atomic E-state index is 13.7. The number of ether oxygens (including phenoxy) is 6. The number of carbonyl (C=O) groups excluding carboxylic acids is 3. The first-order valence-corrected chi connectivity index (χ1v) is 19.0. The number of benzene rings is 1. The van der Waals surface area contributed by atoms with E-state index in [0.717, 1.165) is 5.56 Å². The van der Waals surface area contributed by atoms with Gasteiger partial charge in [0.1, 0.15) is 5.75 Å². The second-order valence-electron chi connectivity index (χ2n) is 11.9. The molecule has 1 aromatic carbocycles. The van der Waals surface area contributed by atoms with Crippen LogP contribution in [0.1, 0.15) is 26.3 Å². The number of hydrogen-bond acceptors (Lipinski definition) is 12. The number of hydrogen-bond donors (Lipinski definition) is 4. The fraction of sp³-hybridized carbons (Fsp3) is 0.719. The topological polar surface area (TPSA) is 172 Å². The van der Waals surface area contributed by atoms with E-state index < -0.39 is 23.7 Å². The molecule has 49 heavy (non-hydrogen) atoms. The van der Waals surface area contributed by atoms with Gasteiger partial charge in [-0.2, -0.15) is 0 Å². The van der Waals surface area contributed by atoms with Crippen LogP contribution in [0.25, 0.3) is 0 Å². The second-order valence-corrected chi connectivity index (χ2v) is 16.0. The van der Waals surface area contributed by atoms with Gasteiger partial charge in [0.25, 0.3) is 0 Å². The lowest BCUT2D eigenvalue weighted by atomic mass is 10.0. The van der Waals surface area contributed by atoms with E-state index in [2.05, 4.69) is 28.2 Å². The first-order valence-electron chi connectivity index (χ1n) is 16.2. The minimum Gasteiger partial charge on any atom is -0.436 e. The molecular formula is C32H57N4O11PS. The molecule has 0 saturated carbocycles. The summed E-state index contributed by atoms with van der Waals surface area (Å²) in [7, 11) is 4.71. The van der Waals surface area contributed by atoms with Crippen LogP contribution in [0.15, 0.2) is 24.3 Å². The van der Waals surface area contributed by atoms with Crippen LogP contribution in [0.3, 0.4) is 0 Å². The zero-order valence-corrected chi connectivity index (χ0v) is 31.6. The molecule has 282 valence electrons. The largest absolute Gasteiger partial charge is 0.436 e. The second kappa shape index (κ2) is 25.6. The van der Waals surface area contributed by atoms with Crippen molar-refractivity contribution < 1.29 is 51.9 Å². The number of nitrogens with one attached hydrogen (secondary N) is 3. The lowest BCUT2D eigenvalue weighted by molar-refractivity contribution is -0.131. The van der Waals surface area contributed by atoms with Crippen LogP contribution >= 0.6 is 18.8 Å². The van der Waals surface area contributed by atoms with Crippen LogP contribution in [-0.2, 0) is 53.8 Å². The summed E-state index contributed by atoms with van der Waals surface area (Å²) in [5, 5.41) is 7.75. The molecule has 2 atom stereocenters. The van der Waals surface area contributed by atoms with Crippen molar-refractivity contribution in [3.63, 3.8) is 0 Å². The summed E-state index contributed by atoms with van der Waals surface area (Å²) in [6, 6.07) is 5.86. The molecule has 0 saturated heterocycles. The summed E-state index contributed by atoms with van der Waals surface area (Å²) in [4.78, 5) is 41.4. The van der Waals surface area contributed by atoms with Gasteiger partial charge in [-0.1, -0.05) is 24.4 Å². The Morgan fingerprint density at radius 3 is 1.55 bits per heavy atom. The number of rotatable bonds is 28. The van der Waals surface area contributed by atoms with Crippen LogP contribution < -0.4 is 20.5 Å². The van der Waals surface area contributed by atoms with E-state index in [9.17, 15) is 18.9 Å². The third-order valence-corrected chi connectivity index (χ3v) is 11.0. The SMILES string of the molecule is COCCOCCNC(=O)CN(CC(=O)NCCOCCOC)C(Cc1ccc(OP(=O)(S)C(C)(C)C)cc1)C(=O)NCCOCCOC. The molecule has 3 N–H and O–H groups in total. The molecule has 1 rings (SSSR count). The Bertz CT molecular complexity index is 1100. The Balaban J connectivity index is 3.17. The van der Waals surface area contributed by atoms with E-state index in [1.54, 1.807) is 66.4 Å². The van der Waals surface area contributed by atoms with Gasteiger partial charge in [-0.05, 0) is 44.9 Å². The Morgan fingerprint density at radius 1 is 0.714 bits per heavy atom. The van der Waals surface area contributed by atoms with Gasteiger partial charge in [0.2, 0.25) is 17.7 Å². The lowest BCUT2D eigenvalue weighted by Crippen LogP contribution is -2.54. The van der Waals surface area contributed by atoms with E-state index in [1.807, 2.05) is 0 Å². The van der Waals surface area contributed by atoms with Crippen molar-refractivity contribution in [3.8, 4) is 5.75 Å². The monoisotopic (exact) mass is 736 g/mol. The summed E-state index contributed by atoms with van der Waals surface area (Å²) < 4.78 is 49.9. The molecule has 0 aliphatic carbocycles. The molecule has 15 nitrogen and oxygen atoms in total. The van der Waals surface area contributed by atoms with Crippen LogP contribution in [0.5, 0.6) is 5.75 Å². The average Bonchev–Trinajstić information content (AvgIpc) is 3.04. The molecule has 0 spiro atoms. The zero-order chi connectivity index (χ0) is 36.5. The molecule has 3 amide bonds. The number of amides is 3. The van der Waals surface area contributed by atoms with Gasteiger partial charge in [-0.25, -0.2) is 0 Å². The van der Waals surface area contributed by atoms with Gasteiger partial charge in [0.15, 0.2) is 0 Å². The molecule has 0 aliphatic rings. The van der Waals surface area contributed by atoms with Crippen LogP contribution in [0, 0.1) is 0 Å². The minimum absolute atomic E-state index is 0.148. The molecule has 0 radical (unpaired) electrons. The van der Waals surface area contributed by atoms with E-state index in [1.165, 1.54) is 4.90 Å². The Hall–Kier alpha value is -2.27. The highest BCUT2D eigenvalue weighted by Gasteiger charge is 2.36. The summed E-state index contributed by atoms with van der Waals surface area (Å²) in [6.45, 7) is 5.48. The van der Waals surface area contributed by atoms with Gasteiger partial charge >= 0.3 is 6.57 Å². The summed E-state index contributed by atoms with van der Waals surface area (Å²) in [5.41, 5.74) is 0.720. The van der Waals surface area contributed by atoms with E-state index in [-0.39, 0.29) is 70.8 Å². The van der Waals surface area contributed by atoms with Crippen molar-refractivity contribution in [3.05, 3.63) is 29.8 Å². The molecule has 0 fully saturated rings. The average molecular weight is 737 g/mol. The maximum Gasteiger partial charge on any atom is 0.305 e. The number of carbonyl (C=O) groups is 3. The minimum atomic E-state index is -3.28. The summed E-state index contributed by atoms with van der Waals surface area (Å²) in [5.74, 6) is -0.804. The van der Waals surface area contributed by atoms with Crippen LogP contribution in [0.4, 0.5) is 0 Å². The number of nitrogens with zero attached hydrogens (tertiary/aromatic N) is 1. The molecule has 0 bridgehead atoms. The van der Waals surface area contributed by atoms with Crippen molar-refractivity contribution >= 4 is 36.5 Å². The van der Waals surface area contributed by atoms with Gasteiger partial charge < -0.3 is 48.9 Å². The zero-order valence-electron chi connectivity index (χ0n) is 29.8. The predicted octanol–water partition coefficient (Wildman–Crippen LogP) is 1.54. The summed E-state index contributed by atoms with van der Waals surface area (Å²) >= 11 is 4.28. The molecule has 0 aliphatic heterocycles. The highest BCUT2D eigenvalue weighted by molar-refractivity contribution is 8.46. The van der Waals surface area contributed by atoms with Crippen LogP contribution in [-0.4, -0.2) is 147 Å². The fourth-order valence-electron chi connectivity index (χ4n) is 3.96. The van der Waals surface area contributed by atoms with E-state index in [0.29, 0.717) is 45.4 Å². The third-order valence-electron chi connectivity index (χ3n) is 6.84. The first kappa shape index (κ1) is 44.8. The fourth-order valence-corrected chi connectivity index (χ4v) is 4.92. The number of methoxy groups -OCH3 is 3. The van der Waals surface area contributed by atoms with Crippen molar-refractivity contribution in [1.82, 2.24) is 20.9 Å². The molecule has 0 heterocycles. The normalized spacial score (nSPS) is 13.5. The first-order chi connectivity index (χ1) is 23.3. The molecule has 1 aromatic rings. The Kier molecular flexibility index (Phi) is 23.4. The molecule has 17 heteroatoms. The number of thiol groups is 1. The van der Waals surface area contributed by atoms with Crippen molar-refractivity contribution in [2.45, 2.75) is 38.4 Å². The van der Waals surface area contributed by atoms with Crippen molar-refractivity contribution in [2.24, 2.45) is 0 Å². The van der Waals surface area contributed by atoms with E-state index in [4.69, 9.17) is 32.9 Å². The van der Waals surface area contributed by atoms with E-state index >= 15 is 0 Å². The quantitative estimate of drug-likeness (QED) is 0.0557. The third kappa shape index (κ3) is 20.2. The standard InChI is InChI=1S/C32H57N4O11PS/c1-32(2,3)48(40,49)47-27-9-7-26(8-10-27)23-28(31(39)35-13-16-46-22-19-43-6)36(24-29(37)33-11-14-44-20-17-41-4)25-30(38)34-12-15-45-21-18-42-5/h7-10,28H,11-25H2,1-6H3,(H,33,37)(H,34,38)(H,35,39)(H,40,49). The van der Waals surface area contributed by atoms with Gasteiger partial charge in [-0.3, -0.25) is 23.8 Å². The maximum atomic E-state index is 13.7.